The average Bonchev–Trinajstić information content (AvgIpc) is 1.85. The first-order chi connectivity index (χ1) is 4.66. The molecule has 0 saturated heterocycles. The quantitative estimate of drug-likeness (QED) is 0.428. The highest BCUT2D eigenvalue weighted by molar-refractivity contribution is 7.79. The second kappa shape index (κ2) is 5.37. The van der Waals surface area contributed by atoms with E-state index in [1.165, 1.54) is 0 Å². The first kappa shape index (κ1) is 9.58. The topological polar surface area (TPSA) is 66.4 Å². The third-order valence-electron chi connectivity index (χ3n) is 0.778. The molecule has 0 aliphatic rings. The Morgan fingerprint density at radius 3 is 2.70 bits per heavy atom. The maximum atomic E-state index is 10.5. The second-order valence-electron chi connectivity index (χ2n) is 1.56. The molecule has 1 unspecified atom stereocenters. The van der Waals surface area contributed by atoms with Gasteiger partial charge in [0.25, 0.3) is 0 Å². The number of hydrogen-bond donors (Lipinski definition) is 0. The lowest BCUT2D eigenvalue weighted by Gasteiger charge is -2.03. The molecular weight excluding hydrogens is 156 g/mol. The van der Waals surface area contributed by atoms with Gasteiger partial charge in [0.1, 0.15) is 0 Å². The van der Waals surface area contributed by atoms with Crippen molar-refractivity contribution in [3.8, 4) is 0 Å². The van der Waals surface area contributed by atoms with Crippen LogP contribution in [0.5, 0.6) is 0 Å². The summed E-state index contributed by atoms with van der Waals surface area (Å²) in [5.41, 5.74) is 0. The van der Waals surface area contributed by atoms with Gasteiger partial charge in [-0.05, 0) is 6.92 Å². The van der Waals surface area contributed by atoms with Crippen LogP contribution in [0.3, 0.4) is 0 Å². The van der Waals surface area contributed by atoms with Gasteiger partial charge < -0.3 is 9.29 Å². The van der Waals surface area contributed by atoms with E-state index in [0.29, 0.717) is 6.61 Å². The molecule has 0 amide bonds. The Morgan fingerprint density at radius 1 is 1.70 bits per heavy atom. The van der Waals surface area contributed by atoms with Crippen molar-refractivity contribution in [3.63, 3.8) is 0 Å². The molecule has 60 valence electrons. The molecule has 0 saturated carbocycles. The lowest BCUT2D eigenvalue weighted by molar-refractivity contribution is -0.142. The van der Waals surface area contributed by atoms with Crippen LogP contribution in [0.25, 0.3) is 0 Å². The Bertz CT molecular complexity index is 134. The summed E-state index contributed by atoms with van der Waals surface area (Å²) in [4.78, 5) is 10.5. The zero-order valence-electron chi connectivity index (χ0n) is 5.66. The molecule has 0 N–H and O–H groups in total. The summed E-state index contributed by atoms with van der Waals surface area (Å²) in [7, 11) is 0. The predicted octanol–water partition coefficient (Wildman–Crippen LogP) is -0.181. The maximum Gasteiger partial charge on any atom is 0.306 e. The highest BCUT2D eigenvalue weighted by Crippen LogP contribution is 1.87. The van der Waals surface area contributed by atoms with E-state index in [9.17, 15) is 13.6 Å². The standard InChI is InChI=1S/C5H10O4S/c1-2-9-5(6)3-4-10(7)8/h2-4H2,1H3,(H,7,8)/p-1. The Labute approximate surface area is 61.9 Å². The minimum Gasteiger partial charge on any atom is -0.772 e. The molecule has 0 aromatic heterocycles. The van der Waals surface area contributed by atoms with Crippen molar-refractivity contribution in [2.24, 2.45) is 0 Å². The van der Waals surface area contributed by atoms with Crippen LogP contribution >= 0.6 is 0 Å². The van der Waals surface area contributed by atoms with Crippen LogP contribution in [0.15, 0.2) is 0 Å². The highest BCUT2D eigenvalue weighted by atomic mass is 32.2. The van der Waals surface area contributed by atoms with Gasteiger partial charge in [-0.2, -0.15) is 0 Å². The fourth-order valence-corrected chi connectivity index (χ4v) is 0.733. The van der Waals surface area contributed by atoms with Gasteiger partial charge in [-0.25, -0.2) is 0 Å². The minimum atomic E-state index is -2.14. The third-order valence-corrected chi connectivity index (χ3v) is 1.32. The van der Waals surface area contributed by atoms with Crippen LogP contribution in [-0.4, -0.2) is 27.1 Å². The van der Waals surface area contributed by atoms with Gasteiger partial charge in [0.2, 0.25) is 0 Å². The van der Waals surface area contributed by atoms with E-state index in [2.05, 4.69) is 4.74 Å². The van der Waals surface area contributed by atoms with Gasteiger partial charge in [0.05, 0.1) is 13.0 Å². The van der Waals surface area contributed by atoms with Crippen LogP contribution in [0.4, 0.5) is 0 Å². The molecule has 0 bridgehead atoms. The van der Waals surface area contributed by atoms with Gasteiger partial charge in [-0.15, -0.1) is 0 Å². The molecule has 5 heteroatoms. The normalized spacial score (nSPS) is 12.6. The summed E-state index contributed by atoms with van der Waals surface area (Å²) in [6.45, 7) is 1.97. The molecule has 0 rings (SSSR count). The second-order valence-corrected chi connectivity index (χ2v) is 2.58. The van der Waals surface area contributed by atoms with Gasteiger partial charge in [-0.1, -0.05) is 11.1 Å². The van der Waals surface area contributed by atoms with E-state index in [1.54, 1.807) is 6.92 Å². The number of hydrogen-bond acceptors (Lipinski definition) is 4. The van der Waals surface area contributed by atoms with Crippen molar-refractivity contribution in [2.75, 3.05) is 12.4 Å². The van der Waals surface area contributed by atoms with Crippen LogP contribution in [-0.2, 0) is 20.6 Å². The molecule has 4 nitrogen and oxygen atoms in total. The van der Waals surface area contributed by atoms with Crippen molar-refractivity contribution < 1.29 is 18.3 Å². The van der Waals surface area contributed by atoms with Crippen LogP contribution < -0.4 is 0 Å². The van der Waals surface area contributed by atoms with Gasteiger partial charge in [0, 0.05) is 5.75 Å². The van der Waals surface area contributed by atoms with Crippen molar-refractivity contribution in [2.45, 2.75) is 13.3 Å². The zero-order chi connectivity index (χ0) is 7.98. The fraction of sp³-hybridized carbons (Fsp3) is 0.800. The van der Waals surface area contributed by atoms with E-state index in [-0.39, 0.29) is 12.2 Å². The average molecular weight is 165 g/mol. The number of carbonyl (C=O) groups excluding carboxylic acids is 1. The van der Waals surface area contributed by atoms with Crippen LogP contribution in [0.1, 0.15) is 13.3 Å². The molecular formula is C5H9O4S-. The molecule has 0 fully saturated rings. The number of esters is 1. The number of ether oxygens (including phenoxy) is 1. The Balaban J connectivity index is 3.30. The molecule has 0 heterocycles. The molecule has 1 atom stereocenters. The number of carbonyl (C=O) groups is 1. The highest BCUT2D eigenvalue weighted by Gasteiger charge is 1.99. The largest absolute Gasteiger partial charge is 0.772 e. The van der Waals surface area contributed by atoms with E-state index in [0.717, 1.165) is 0 Å². The monoisotopic (exact) mass is 165 g/mol. The Hall–Kier alpha value is -0.420. The molecule has 0 aromatic rings. The minimum absolute atomic E-state index is 0.0516. The molecule has 0 radical (unpaired) electrons. The van der Waals surface area contributed by atoms with E-state index in [4.69, 9.17) is 0 Å². The fourth-order valence-electron chi connectivity index (χ4n) is 0.400. The van der Waals surface area contributed by atoms with Crippen molar-refractivity contribution in [1.29, 1.82) is 0 Å². The summed E-state index contributed by atoms with van der Waals surface area (Å²) in [6.07, 6.45) is -0.0516. The van der Waals surface area contributed by atoms with Gasteiger partial charge in [0.15, 0.2) is 0 Å². The molecule has 10 heavy (non-hydrogen) atoms. The van der Waals surface area contributed by atoms with Gasteiger partial charge in [-0.3, -0.25) is 9.00 Å². The molecule has 0 spiro atoms. The van der Waals surface area contributed by atoms with Crippen LogP contribution in [0.2, 0.25) is 0 Å². The summed E-state index contributed by atoms with van der Waals surface area (Å²) < 4.78 is 24.3. The van der Waals surface area contributed by atoms with E-state index >= 15 is 0 Å². The lowest BCUT2D eigenvalue weighted by Crippen LogP contribution is -2.08. The molecule has 0 aliphatic heterocycles. The van der Waals surface area contributed by atoms with Crippen molar-refractivity contribution >= 4 is 17.0 Å². The van der Waals surface area contributed by atoms with E-state index < -0.39 is 17.0 Å². The van der Waals surface area contributed by atoms with Gasteiger partial charge >= 0.3 is 5.97 Å². The summed E-state index contributed by atoms with van der Waals surface area (Å²) in [6, 6.07) is 0. The lowest BCUT2D eigenvalue weighted by atomic mass is 10.5. The maximum absolute atomic E-state index is 10.5. The number of rotatable bonds is 4. The summed E-state index contributed by atoms with van der Waals surface area (Å²) in [5, 5.41) is 0. The molecule has 0 aromatic carbocycles. The van der Waals surface area contributed by atoms with E-state index in [1.807, 2.05) is 0 Å². The smallest absolute Gasteiger partial charge is 0.306 e. The molecule has 0 aliphatic carbocycles. The predicted molar refractivity (Wildman–Crippen MR) is 35.0 cm³/mol. The third kappa shape index (κ3) is 5.71. The van der Waals surface area contributed by atoms with Crippen molar-refractivity contribution in [1.82, 2.24) is 0 Å². The van der Waals surface area contributed by atoms with Crippen molar-refractivity contribution in [3.05, 3.63) is 0 Å². The summed E-state index contributed by atoms with van der Waals surface area (Å²) in [5.74, 6) is -0.620. The zero-order valence-corrected chi connectivity index (χ0v) is 6.48. The first-order valence-electron chi connectivity index (χ1n) is 2.88. The summed E-state index contributed by atoms with van der Waals surface area (Å²) >= 11 is -2.14. The Kier molecular flexibility index (Phi) is 5.15. The SMILES string of the molecule is CCOC(=O)CCS(=O)[O-]. The Morgan fingerprint density at radius 2 is 2.30 bits per heavy atom. The van der Waals surface area contributed by atoms with Crippen LogP contribution in [0, 0.1) is 0 Å². The first-order valence-corrected chi connectivity index (χ1v) is 4.12.